The van der Waals surface area contributed by atoms with Crippen LogP contribution in [0.15, 0.2) is 24.3 Å². The first kappa shape index (κ1) is 15.0. The molecule has 0 aromatic heterocycles. The lowest BCUT2D eigenvalue weighted by molar-refractivity contribution is -0.138. The number of carbonyl (C=O) groups is 1. The normalized spacial score (nSPS) is 19.6. The summed E-state index contributed by atoms with van der Waals surface area (Å²) in [6, 6.07) is 6.90. The largest absolute Gasteiger partial charge is 0.481 e. The van der Waals surface area contributed by atoms with Crippen LogP contribution in [0.3, 0.4) is 0 Å². The van der Waals surface area contributed by atoms with Crippen LogP contribution in [-0.4, -0.2) is 36.1 Å². The number of sulfonamides is 1. The molecule has 5 nitrogen and oxygen atoms in total. The third-order valence-electron chi connectivity index (χ3n) is 3.55. The SMILES string of the molecule is CCCS(=O)(=O)N1CCc2ccccc2C1CC(=O)O. The molecule has 2 rings (SSSR count). The van der Waals surface area contributed by atoms with E-state index < -0.39 is 22.0 Å². The summed E-state index contributed by atoms with van der Waals surface area (Å²) < 4.78 is 26.0. The third-order valence-corrected chi connectivity index (χ3v) is 5.63. The Kier molecular flexibility index (Phi) is 4.45. The van der Waals surface area contributed by atoms with Gasteiger partial charge in [0, 0.05) is 6.54 Å². The smallest absolute Gasteiger partial charge is 0.305 e. The van der Waals surface area contributed by atoms with Gasteiger partial charge in [-0.1, -0.05) is 31.2 Å². The molecule has 0 saturated heterocycles. The Morgan fingerprint density at radius 2 is 2.10 bits per heavy atom. The molecule has 0 amide bonds. The maximum absolute atomic E-state index is 12.3. The van der Waals surface area contributed by atoms with Crippen LogP contribution in [-0.2, 0) is 21.2 Å². The van der Waals surface area contributed by atoms with Gasteiger partial charge in [0.2, 0.25) is 10.0 Å². The summed E-state index contributed by atoms with van der Waals surface area (Å²) in [5.74, 6) is -0.922. The third kappa shape index (κ3) is 3.02. The molecule has 1 N–H and O–H groups in total. The predicted molar refractivity (Wildman–Crippen MR) is 75.9 cm³/mol. The highest BCUT2D eigenvalue weighted by atomic mass is 32.2. The second kappa shape index (κ2) is 5.93. The van der Waals surface area contributed by atoms with Crippen LogP contribution in [0, 0.1) is 0 Å². The second-order valence-corrected chi connectivity index (χ2v) is 7.03. The highest BCUT2D eigenvalue weighted by Crippen LogP contribution is 2.34. The Labute approximate surface area is 119 Å². The van der Waals surface area contributed by atoms with Crippen molar-refractivity contribution in [1.29, 1.82) is 0 Å². The highest BCUT2D eigenvalue weighted by Gasteiger charge is 2.35. The zero-order valence-corrected chi connectivity index (χ0v) is 12.3. The van der Waals surface area contributed by atoms with E-state index >= 15 is 0 Å². The minimum absolute atomic E-state index is 0.0608. The van der Waals surface area contributed by atoms with E-state index in [1.54, 1.807) is 0 Å². The number of nitrogens with zero attached hydrogens (tertiary/aromatic N) is 1. The molecule has 0 aliphatic carbocycles. The van der Waals surface area contributed by atoms with Crippen LogP contribution in [0.1, 0.15) is 36.9 Å². The predicted octanol–water partition coefficient (Wildman–Crippen LogP) is 1.80. The van der Waals surface area contributed by atoms with Gasteiger partial charge in [0.1, 0.15) is 0 Å². The van der Waals surface area contributed by atoms with E-state index in [0.29, 0.717) is 19.4 Å². The molecule has 0 radical (unpaired) electrons. The van der Waals surface area contributed by atoms with E-state index in [2.05, 4.69) is 0 Å². The molecule has 0 bridgehead atoms. The number of benzene rings is 1. The van der Waals surface area contributed by atoms with Crippen molar-refractivity contribution in [3.05, 3.63) is 35.4 Å². The van der Waals surface area contributed by atoms with Crippen LogP contribution in [0.5, 0.6) is 0 Å². The van der Waals surface area contributed by atoms with Crippen LogP contribution < -0.4 is 0 Å². The molecular formula is C14H19NO4S. The molecule has 1 heterocycles. The van der Waals surface area contributed by atoms with Crippen molar-refractivity contribution < 1.29 is 18.3 Å². The molecule has 1 aliphatic heterocycles. The lowest BCUT2D eigenvalue weighted by Gasteiger charge is -2.35. The van der Waals surface area contributed by atoms with Crippen molar-refractivity contribution in [2.24, 2.45) is 0 Å². The van der Waals surface area contributed by atoms with Gasteiger partial charge in [-0.2, -0.15) is 4.31 Å². The molecule has 6 heteroatoms. The summed E-state index contributed by atoms with van der Waals surface area (Å²) in [6.07, 6.45) is 0.968. The molecular weight excluding hydrogens is 278 g/mol. The quantitative estimate of drug-likeness (QED) is 0.899. The molecule has 0 fully saturated rings. The van der Waals surface area contributed by atoms with Gasteiger partial charge in [0.15, 0.2) is 0 Å². The van der Waals surface area contributed by atoms with E-state index in [1.807, 2.05) is 31.2 Å². The van der Waals surface area contributed by atoms with Gasteiger partial charge in [-0.05, 0) is 24.0 Å². The van der Waals surface area contributed by atoms with Crippen LogP contribution in [0.2, 0.25) is 0 Å². The number of fused-ring (bicyclic) bond motifs is 1. The summed E-state index contributed by atoms with van der Waals surface area (Å²) in [7, 11) is -3.40. The number of hydrogen-bond donors (Lipinski definition) is 1. The van der Waals surface area contributed by atoms with Gasteiger partial charge in [-0.15, -0.1) is 0 Å². The topological polar surface area (TPSA) is 74.7 Å². The number of aliphatic carboxylic acids is 1. The van der Waals surface area contributed by atoms with Gasteiger partial charge >= 0.3 is 5.97 Å². The molecule has 1 aromatic carbocycles. The summed E-state index contributed by atoms with van der Waals surface area (Å²) in [4.78, 5) is 11.1. The van der Waals surface area contributed by atoms with Crippen molar-refractivity contribution in [3.8, 4) is 0 Å². The highest BCUT2D eigenvalue weighted by molar-refractivity contribution is 7.89. The number of carboxylic acids is 1. The van der Waals surface area contributed by atoms with Gasteiger partial charge in [0.25, 0.3) is 0 Å². The fourth-order valence-corrected chi connectivity index (χ4v) is 4.41. The molecule has 1 unspecified atom stereocenters. The summed E-state index contributed by atoms with van der Waals surface area (Å²) >= 11 is 0. The second-order valence-electron chi connectivity index (χ2n) is 4.99. The maximum atomic E-state index is 12.3. The van der Waals surface area contributed by atoms with Gasteiger partial charge in [0.05, 0.1) is 18.2 Å². The lowest BCUT2D eigenvalue weighted by atomic mass is 9.92. The first-order valence-corrected chi connectivity index (χ1v) is 8.35. The van der Waals surface area contributed by atoms with Gasteiger partial charge in [-0.3, -0.25) is 4.79 Å². The zero-order chi connectivity index (χ0) is 14.8. The average Bonchev–Trinajstić information content (AvgIpc) is 2.38. The molecule has 1 aliphatic rings. The average molecular weight is 297 g/mol. The molecule has 1 atom stereocenters. The van der Waals surface area contributed by atoms with Crippen molar-refractivity contribution in [1.82, 2.24) is 4.31 Å². The Balaban J connectivity index is 2.41. The first-order valence-electron chi connectivity index (χ1n) is 6.75. The monoisotopic (exact) mass is 297 g/mol. The standard InChI is InChI=1S/C14H19NO4S/c1-2-9-20(18,19)15-8-7-11-5-3-4-6-12(11)13(15)10-14(16)17/h3-6,13H,2,7-10H2,1H3,(H,16,17). The summed E-state index contributed by atoms with van der Waals surface area (Å²) in [6.45, 7) is 2.17. The van der Waals surface area contributed by atoms with Crippen molar-refractivity contribution in [3.63, 3.8) is 0 Å². The van der Waals surface area contributed by atoms with Gasteiger partial charge < -0.3 is 5.11 Å². The summed E-state index contributed by atoms with van der Waals surface area (Å²) in [5.41, 5.74) is 1.86. The maximum Gasteiger partial charge on any atom is 0.305 e. The van der Waals surface area contributed by atoms with E-state index in [1.165, 1.54) is 4.31 Å². The Morgan fingerprint density at radius 1 is 1.40 bits per heavy atom. The number of hydrogen-bond acceptors (Lipinski definition) is 3. The number of carboxylic acid groups (broad SMARTS) is 1. The number of rotatable bonds is 5. The zero-order valence-electron chi connectivity index (χ0n) is 11.4. The van der Waals surface area contributed by atoms with E-state index in [9.17, 15) is 13.2 Å². The molecule has 1 aromatic rings. The molecule has 110 valence electrons. The van der Waals surface area contributed by atoms with Crippen LogP contribution in [0.25, 0.3) is 0 Å². The minimum atomic E-state index is -3.40. The molecule has 0 saturated carbocycles. The van der Waals surface area contributed by atoms with Crippen LogP contribution in [0.4, 0.5) is 0 Å². The minimum Gasteiger partial charge on any atom is -0.481 e. The van der Waals surface area contributed by atoms with Crippen LogP contribution >= 0.6 is 0 Å². The summed E-state index contributed by atoms with van der Waals surface area (Å²) in [5, 5.41) is 9.08. The Bertz CT molecular complexity index is 597. The van der Waals surface area contributed by atoms with Crippen molar-refractivity contribution in [2.45, 2.75) is 32.2 Å². The molecule has 0 spiro atoms. The lowest BCUT2D eigenvalue weighted by Crippen LogP contribution is -2.42. The fourth-order valence-electron chi connectivity index (χ4n) is 2.71. The van der Waals surface area contributed by atoms with E-state index in [0.717, 1.165) is 11.1 Å². The molecule has 20 heavy (non-hydrogen) atoms. The van der Waals surface area contributed by atoms with Crippen molar-refractivity contribution >= 4 is 16.0 Å². The van der Waals surface area contributed by atoms with Crippen molar-refractivity contribution in [2.75, 3.05) is 12.3 Å². The van der Waals surface area contributed by atoms with E-state index in [-0.39, 0.29) is 12.2 Å². The Morgan fingerprint density at radius 3 is 2.75 bits per heavy atom. The fraction of sp³-hybridized carbons (Fsp3) is 0.500. The van der Waals surface area contributed by atoms with E-state index in [4.69, 9.17) is 5.11 Å². The van der Waals surface area contributed by atoms with Gasteiger partial charge in [-0.25, -0.2) is 8.42 Å². The Hall–Kier alpha value is -1.40. The first-order chi connectivity index (χ1) is 9.45.